The van der Waals surface area contributed by atoms with E-state index in [0.29, 0.717) is 4.47 Å². The summed E-state index contributed by atoms with van der Waals surface area (Å²) in [5.41, 5.74) is -0.277. The zero-order valence-electron chi connectivity index (χ0n) is 10.4. The quantitative estimate of drug-likeness (QED) is 0.609. The first kappa shape index (κ1) is 16.6. The highest BCUT2D eigenvalue weighted by atomic mass is 79.9. The first-order valence-corrected chi connectivity index (χ1v) is 8.00. The Morgan fingerprint density at radius 2 is 2.10 bits per heavy atom. The van der Waals surface area contributed by atoms with Gasteiger partial charge < -0.3 is 5.11 Å². The molecule has 1 aromatic carbocycles. The molecule has 1 N–H and O–H groups in total. The van der Waals surface area contributed by atoms with E-state index in [9.17, 15) is 23.3 Å². The molecule has 0 spiro atoms. The Bertz CT molecular complexity index is 642. The lowest BCUT2D eigenvalue weighted by molar-refractivity contribution is -0.385. The van der Waals surface area contributed by atoms with Gasteiger partial charge in [0.15, 0.2) is 9.84 Å². The highest BCUT2D eigenvalue weighted by Crippen LogP contribution is 2.26. The molecule has 0 saturated heterocycles. The van der Waals surface area contributed by atoms with E-state index in [1.54, 1.807) is 0 Å². The molecule has 0 aliphatic heterocycles. The molecule has 1 rings (SSSR count). The lowest BCUT2D eigenvalue weighted by atomic mass is 10.2. The maximum Gasteiger partial charge on any atom is 0.304 e. The summed E-state index contributed by atoms with van der Waals surface area (Å²) >= 11 is 3.07. The van der Waals surface area contributed by atoms with Crippen molar-refractivity contribution in [3.8, 4) is 0 Å². The maximum atomic E-state index is 12.0. The van der Waals surface area contributed by atoms with Crippen LogP contribution < -0.4 is 0 Å². The Balaban J connectivity index is 3.09. The van der Waals surface area contributed by atoms with Crippen LogP contribution in [0, 0.1) is 10.1 Å². The Labute approximate surface area is 123 Å². The van der Waals surface area contributed by atoms with Gasteiger partial charge in [-0.3, -0.25) is 14.9 Å². The highest BCUT2D eigenvalue weighted by Gasteiger charge is 2.27. The van der Waals surface area contributed by atoms with Crippen molar-refractivity contribution in [2.45, 2.75) is 24.3 Å². The number of aliphatic carboxylic acids is 1. The number of nitro benzene ring substituents is 1. The van der Waals surface area contributed by atoms with Crippen molar-refractivity contribution in [3.05, 3.63) is 38.3 Å². The van der Waals surface area contributed by atoms with E-state index in [0.717, 1.165) is 0 Å². The number of carbonyl (C=O) groups is 1. The molecule has 0 saturated carbocycles. The molecule has 1 atom stereocenters. The predicted octanol–water partition coefficient (Wildman–Crippen LogP) is 2.14. The topological polar surface area (TPSA) is 115 Å². The summed E-state index contributed by atoms with van der Waals surface area (Å²) in [6.07, 6.45) is -0.535. The van der Waals surface area contributed by atoms with Gasteiger partial charge in [-0.1, -0.05) is 22.0 Å². The van der Waals surface area contributed by atoms with E-state index in [1.807, 2.05) is 0 Å². The molecular weight excluding hydrogens is 354 g/mol. The molecule has 0 aliphatic carbocycles. The molecule has 0 radical (unpaired) electrons. The Morgan fingerprint density at radius 3 is 2.60 bits per heavy atom. The van der Waals surface area contributed by atoms with Crippen LogP contribution in [0.5, 0.6) is 0 Å². The number of hydrogen-bond acceptors (Lipinski definition) is 5. The van der Waals surface area contributed by atoms with Crippen molar-refractivity contribution in [3.63, 3.8) is 0 Å². The van der Waals surface area contributed by atoms with Crippen molar-refractivity contribution in [1.29, 1.82) is 0 Å². The third-order valence-corrected chi connectivity index (χ3v) is 5.28. The minimum atomic E-state index is -3.78. The standard InChI is InChI=1S/C11H12BrNO6S/c1-7(4-11(14)15)20(18,19)6-8-2-3-9(12)5-10(8)13(16)17/h2-3,5,7H,4,6H2,1H3,(H,14,15). The maximum absolute atomic E-state index is 12.0. The Kier molecular flexibility index (Phi) is 5.23. The average Bonchev–Trinajstić information content (AvgIpc) is 2.30. The van der Waals surface area contributed by atoms with Gasteiger partial charge in [0.2, 0.25) is 0 Å². The SMILES string of the molecule is CC(CC(=O)O)S(=O)(=O)Cc1ccc(Br)cc1[N+](=O)[O-]. The number of nitrogens with zero attached hydrogens (tertiary/aromatic N) is 1. The predicted molar refractivity (Wildman–Crippen MR) is 75.1 cm³/mol. The van der Waals surface area contributed by atoms with Crippen molar-refractivity contribution < 1.29 is 23.2 Å². The fourth-order valence-electron chi connectivity index (χ4n) is 1.56. The summed E-state index contributed by atoms with van der Waals surface area (Å²) in [6.45, 7) is 1.27. The van der Waals surface area contributed by atoms with Crippen LogP contribution in [0.2, 0.25) is 0 Å². The fourth-order valence-corrected chi connectivity index (χ4v) is 3.27. The molecule has 0 amide bonds. The summed E-state index contributed by atoms with van der Waals surface area (Å²) in [5.74, 6) is -1.79. The average molecular weight is 366 g/mol. The molecule has 9 heteroatoms. The zero-order valence-corrected chi connectivity index (χ0v) is 12.8. The van der Waals surface area contributed by atoms with Gasteiger partial charge in [0.05, 0.1) is 22.3 Å². The van der Waals surface area contributed by atoms with E-state index < -0.39 is 38.2 Å². The van der Waals surface area contributed by atoms with Crippen LogP contribution in [0.15, 0.2) is 22.7 Å². The van der Waals surface area contributed by atoms with Gasteiger partial charge in [0.25, 0.3) is 5.69 Å². The van der Waals surface area contributed by atoms with Gasteiger partial charge >= 0.3 is 5.97 Å². The van der Waals surface area contributed by atoms with E-state index in [2.05, 4.69) is 15.9 Å². The number of nitro groups is 1. The molecule has 1 aromatic rings. The van der Waals surface area contributed by atoms with Gasteiger partial charge in [-0.15, -0.1) is 0 Å². The molecule has 0 aliphatic rings. The second-order valence-corrected chi connectivity index (χ2v) is 7.58. The third-order valence-electron chi connectivity index (χ3n) is 2.68. The minimum absolute atomic E-state index is 0.0374. The molecule has 110 valence electrons. The largest absolute Gasteiger partial charge is 0.481 e. The normalized spacial score (nSPS) is 12.9. The van der Waals surface area contributed by atoms with Gasteiger partial charge in [-0.2, -0.15) is 0 Å². The molecular formula is C11H12BrNO6S. The number of sulfone groups is 1. The van der Waals surface area contributed by atoms with Crippen LogP contribution in [0.4, 0.5) is 5.69 Å². The molecule has 1 unspecified atom stereocenters. The highest BCUT2D eigenvalue weighted by molar-refractivity contribution is 9.10. The van der Waals surface area contributed by atoms with Crippen molar-refractivity contribution in [2.24, 2.45) is 0 Å². The number of halogens is 1. The van der Waals surface area contributed by atoms with Crippen LogP contribution in [0.1, 0.15) is 18.9 Å². The monoisotopic (exact) mass is 365 g/mol. The second kappa shape index (κ2) is 6.31. The molecule has 7 nitrogen and oxygen atoms in total. The molecule has 20 heavy (non-hydrogen) atoms. The number of rotatable bonds is 6. The molecule has 0 aromatic heterocycles. The molecule has 0 bridgehead atoms. The van der Waals surface area contributed by atoms with Crippen LogP contribution in [0.3, 0.4) is 0 Å². The van der Waals surface area contributed by atoms with E-state index in [-0.39, 0.29) is 11.3 Å². The number of carboxylic acid groups (broad SMARTS) is 1. The summed E-state index contributed by atoms with van der Waals surface area (Å²) in [5, 5.41) is 18.4. The van der Waals surface area contributed by atoms with Crippen LogP contribution in [-0.4, -0.2) is 29.7 Å². The Morgan fingerprint density at radius 1 is 1.50 bits per heavy atom. The van der Waals surface area contributed by atoms with Crippen molar-refractivity contribution in [1.82, 2.24) is 0 Å². The fraction of sp³-hybridized carbons (Fsp3) is 0.364. The first-order valence-electron chi connectivity index (χ1n) is 5.49. The number of benzene rings is 1. The lowest BCUT2D eigenvalue weighted by Gasteiger charge is -2.11. The zero-order chi connectivity index (χ0) is 15.5. The third kappa shape index (κ3) is 4.27. The molecule has 0 fully saturated rings. The summed E-state index contributed by atoms with van der Waals surface area (Å²) in [4.78, 5) is 20.8. The minimum Gasteiger partial charge on any atom is -0.481 e. The number of carboxylic acids is 1. The van der Waals surface area contributed by atoms with Gasteiger partial charge in [0, 0.05) is 16.1 Å². The summed E-state index contributed by atoms with van der Waals surface area (Å²) in [7, 11) is -3.78. The van der Waals surface area contributed by atoms with Crippen molar-refractivity contribution in [2.75, 3.05) is 0 Å². The van der Waals surface area contributed by atoms with E-state index in [4.69, 9.17) is 5.11 Å². The van der Waals surface area contributed by atoms with Crippen LogP contribution in [0.25, 0.3) is 0 Å². The molecule has 0 heterocycles. The Hall–Kier alpha value is -1.48. The number of hydrogen-bond donors (Lipinski definition) is 1. The summed E-state index contributed by atoms with van der Waals surface area (Å²) in [6, 6.07) is 4.06. The van der Waals surface area contributed by atoms with E-state index in [1.165, 1.54) is 25.1 Å². The van der Waals surface area contributed by atoms with Crippen LogP contribution >= 0.6 is 15.9 Å². The lowest BCUT2D eigenvalue weighted by Crippen LogP contribution is -2.23. The first-order chi connectivity index (χ1) is 9.13. The van der Waals surface area contributed by atoms with Crippen molar-refractivity contribution >= 4 is 37.4 Å². The van der Waals surface area contributed by atoms with E-state index >= 15 is 0 Å². The van der Waals surface area contributed by atoms with Gasteiger partial charge in [0.1, 0.15) is 0 Å². The second-order valence-electron chi connectivity index (χ2n) is 4.25. The smallest absolute Gasteiger partial charge is 0.304 e. The van der Waals surface area contributed by atoms with Gasteiger partial charge in [-0.05, 0) is 13.0 Å². The summed E-state index contributed by atoms with van der Waals surface area (Å²) < 4.78 is 24.5. The van der Waals surface area contributed by atoms with Crippen LogP contribution in [-0.2, 0) is 20.4 Å². The van der Waals surface area contributed by atoms with Gasteiger partial charge in [-0.25, -0.2) is 8.42 Å².